The number of aromatic nitrogens is 2. The Bertz CT molecular complexity index is 509. The summed E-state index contributed by atoms with van der Waals surface area (Å²) in [6.45, 7) is 0.524. The Hall–Kier alpha value is -1.69. The third kappa shape index (κ3) is 3.89. The predicted molar refractivity (Wildman–Crippen MR) is 70.0 cm³/mol. The van der Waals surface area contributed by atoms with Crippen molar-refractivity contribution in [2.24, 2.45) is 17.6 Å². The molecule has 0 aromatic carbocycles. The minimum Gasteiger partial charge on any atom is -0.370 e. The van der Waals surface area contributed by atoms with Gasteiger partial charge in [0.05, 0.1) is 6.20 Å². The first-order valence-corrected chi connectivity index (χ1v) is 6.31. The number of hydrogen-bond donors (Lipinski definition) is 2. The summed E-state index contributed by atoms with van der Waals surface area (Å²) in [5.74, 6) is -0.371. The Morgan fingerprint density at radius 1 is 1.53 bits per heavy atom. The van der Waals surface area contributed by atoms with Crippen LogP contribution < -0.4 is 11.1 Å². The second kappa shape index (κ2) is 5.97. The quantitative estimate of drug-likeness (QED) is 0.637. The molecule has 1 heterocycles. The monoisotopic (exact) mass is 284 g/mol. The molecule has 2 atom stereocenters. The molecule has 19 heavy (non-hydrogen) atoms. The summed E-state index contributed by atoms with van der Waals surface area (Å²) in [6.07, 6.45) is 6.16. The number of nitrogens with zero attached hydrogens (tertiary/aromatic N) is 2. The Kier molecular flexibility index (Phi) is 4.31. The number of allylic oxidation sites excluding steroid dienone is 1. The number of nitrogens with one attached hydrogen (secondary N) is 1. The topological polar surface area (TPSA) is 80.9 Å². The van der Waals surface area contributed by atoms with E-state index in [1.165, 1.54) is 0 Å². The summed E-state index contributed by atoms with van der Waals surface area (Å²) in [4.78, 5) is 18.1. The van der Waals surface area contributed by atoms with E-state index in [0.717, 1.165) is 12.6 Å². The van der Waals surface area contributed by atoms with Gasteiger partial charge < -0.3 is 11.1 Å². The summed E-state index contributed by atoms with van der Waals surface area (Å²) < 4.78 is 13.4. The lowest BCUT2D eigenvalue weighted by Crippen LogP contribution is -2.17. The molecule has 0 spiro atoms. The first-order chi connectivity index (χ1) is 9.04. The number of halogens is 2. The number of hydrogen-bond acceptors (Lipinski definition) is 4. The molecule has 1 aliphatic carbocycles. The molecule has 0 saturated heterocycles. The number of primary amides is 1. The maximum Gasteiger partial charge on any atom is 0.224 e. The fraction of sp³-hybridized carbons (Fsp3) is 0.417. The van der Waals surface area contributed by atoms with Crippen molar-refractivity contribution in [3.63, 3.8) is 0 Å². The number of anilines is 1. The van der Waals surface area contributed by atoms with Gasteiger partial charge in [-0.15, -0.1) is 0 Å². The van der Waals surface area contributed by atoms with Crippen LogP contribution in [0.4, 0.5) is 10.2 Å². The van der Waals surface area contributed by atoms with Crippen LogP contribution >= 0.6 is 11.6 Å². The molecule has 0 radical (unpaired) electrons. The van der Waals surface area contributed by atoms with Gasteiger partial charge in [-0.3, -0.25) is 4.79 Å². The van der Waals surface area contributed by atoms with Gasteiger partial charge in [0.15, 0.2) is 11.6 Å². The van der Waals surface area contributed by atoms with E-state index in [1.807, 2.05) is 12.2 Å². The number of rotatable bonds is 5. The molecule has 1 aromatic heterocycles. The van der Waals surface area contributed by atoms with Crippen molar-refractivity contribution in [3.8, 4) is 0 Å². The summed E-state index contributed by atoms with van der Waals surface area (Å²) in [5, 5.41) is 2.89. The molecule has 1 amide bonds. The van der Waals surface area contributed by atoms with E-state index in [9.17, 15) is 9.18 Å². The van der Waals surface area contributed by atoms with Gasteiger partial charge >= 0.3 is 0 Å². The second-order valence-corrected chi connectivity index (χ2v) is 4.87. The normalized spacial score (nSPS) is 21.6. The third-order valence-corrected chi connectivity index (χ3v) is 3.15. The van der Waals surface area contributed by atoms with Crippen LogP contribution in [0.15, 0.2) is 18.3 Å². The first kappa shape index (κ1) is 13.7. The van der Waals surface area contributed by atoms with Crippen molar-refractivity contribution in [2.45, 2.75) is 12.8 Å². The maximum absolute atomic E-state index is 13.4. The highest BCUT2D eigenvalue weighted by Crippen LogP contribution is 2.26. The van der Waals surface area contributed by atoms with Crippen molar-refractivity contribution < 1.29 is 9.18 Å². The Labute approximate surface area is 115 Å². The van der Waals surface area contributed by atoms with E-state index < -0.39 is 5.82 Å². The minimum atomic E-state index is -0.542. The summed E-state index contributed by atoms with van der Waals surface area (Å²) in [6, 6.07) is 0. The van der Waals surface area contributed by atoms with Crippen LogP contribution in [0.3, 0.4) is 0 Å². The van der Waals surface area contributed by atoms with Gasteiger partial charge in [-0.05, 0) is 29.9 Å². The van der Waals surface area contributed by atoms with Gasteiger partial charge in [-0.1, -0.05) is 12.2 Å². The van der Waals surface area contributed by atoms with Crippen LogP contribution in [0.1, 0.15) is 12.8 Å². The highest BCUT2D eigenvalue weighted by Gasteiger charge is 2.20. The summed E-state index contributed by atoms with van der Waals surface area (Å²) in [5.41, 5.74) is 5.15. The van der Waals surface area contributed by atoms with Gasteiger partial charge in [0.25, 0.3) is 0 Å². The summed E-state index contributed by atoms with van der Waals surface area (Å²) in [7, 11) is 0. The standard InChI is InChI=1S/C12H14ClFN4O/c13-12-17-6-9(14)11(18-12)16-5-8-2-1-7(3-8)4-10(15)19/h1-2,6-8H,3-5H2,(H2,15,19)(H,16,17,18)/t7-,8+/m1/s1. The Morgan fingerprint density at radius 3 is 3.00 bits per heavy atom. The molecular weight excluding hydrogens is 271 g/mol. The Balaban J connectivity index is 1.85. The fourth-order valence-electron chi connectivity index (χ4n) is 2.12. The van der Waals surface area contributed by atoms with E-state index in [-0.39, 0.29) is 28.8 Å². The average molecular weight is 285 g/mol. The molecule has 102 valence electrons. The molecule has 1 aromatic rings. The third-order valence-electron chi connectivity index (χ3n) is 2.97. The zero-order valence-corrected chi connectivity index (χ0v) is 10.9. The van der Waals surface area contributed by atoms with Gasteiger partial charge in [0.2, 0.25) is 11.2 Å². The molecule has 1 aliphatic rings. The van der Waals surface area contributed by atoms with Crippen molar-refractivity contribution in [1.82, 2.24) is 9.97 Å². The van der Waals surface area contributed by atoms with Gasteiger partial charge in [-0.2, -0.15) is 4.98 Å². The van der Waals surface area contributed by atoms with E-state index in [1.54, 1.807) is 0 Å². The van der Waals surface area contributed by atoms with E-state index >= 15 is 0 Å². The van der Waals surface area contributed by atoms with Crippen molar-refractivity contribution in [1.29, 1.82) is 0 Å². The number of carbonyl (C=O) groups excluding carboxylic acids is 1. The van der Waals surface area contributed by atoms with Gasteiger partial charge in [0, 0.05) is 13.0 Å². The molecule has 0 aliphatic heterocycles. The molecule has 0 saturated carbocycles. The average Bonchev–Trinajstić information content (AvgIpc) is 2.77. The van der Waals surface area contributed by atoms with Crippen molar-refractivity contribution in [2.75, 3.05) is 11.9 Å². The predicted octanol–water partition coefficient (Wildman–Crippen LogP) is 1.75. The lowest BCUT2D eigenvalue weighted by atomic mass is 10.00. The highest BCUT2D eigenvalue weighted by molar-refractivity contribution is 6.28. The zero-order chi connectivity index (χ0) is 13.8. The van der Waals surface area contributed by atoms with Crippen LogP contribution in [0.5, 0.6) is 0 Å². The van der Waals surface area contributed by atoms with Crippen LogP contribution in [-0.4, -0.2) is 22.4 Å². The largest absolute Gasteiger partial charge is 0.370 e. The SMILES string of the molecule is NC(=O)C[C@@H]1C=C[C@H](CNc2nc(Cl)ncc2F)C1. The fourth-order valence-corrected chi connectivity index (χ4v) is 2.25. The maximum atomic E-state index is 13.4. The lowest BCUT2D eigenvalue weighted by Gasteiger charge is -2.12. The number of carbonyl (C=O) groups is 1. The van der Waals surface area contributed by atoms with Crippen LogP contribution in [-0.2, 0) is 4.79 Å². The molecule has 0 unspecified atom stereocenters. The van der Waals surface area contributed by atoms with Crippen LogP contribution in [0, 0.1) is 17.7 Å². The highest BCUT2D eigenvalue weighted by atomic mass is 35.5. The molecule has 7 heteroatoms. The lowest BCUT2D eigenvalue weighted by molar-refractivity contribution is -0.118. The number of amides is 1. The summed E-state index contributed by atoms with van der Waals surface area (Å²) >= 11 is 5.60. The van der Waals surface area contributed by atoms with E-state index in [4.69, 9.17) is 17.3 Å². The Morgan fingerprint density at radius 2 is 2.26 bits per heavy atom. The van der Waals surface area contributed by atoms with E-state index in [0.29, 0.717) is 13.0 Å². The van der Waals surface area contributed by atoms with E-state index in [2.05, 4.69) is 15.3 Å². The van der Waals surface area contributed by atoms with Crippen molar-refractivity contribution in [3.05, 3.63) is 29.4 Å². The molecule has 0 bridgehead atoms. The minimum absolute atomic E-state index is 0.00234. The second-order valence-electron chi connectivity index (χ2n) is 4.53. The molecule has 2 rings (SSSR count). The van der Waals surface area contributed by atoms with Crippen LogP contribution in [0.2, 0.25) is 5.28 Å². The molecule has 3 N–H and O–H groups in total. The smallest absolute Gasteiger partial charge is 0.224 e. The molecule has 5 nitrogen and oxygen atoms in total. The molecule has 0 fully saturated rings. The van der Waals surface area contributed by atoms with Gasteiger partial charge in [-0.25, -0.2) is 9.37 Å². The van der Waals surface area contributed by atoms with Crippen LogP contribution in [0.25, 0.3) is 0 Å². The first-order valence-electron chi connectivity index (χ1n) is 5.93. The number of nitrogens with two attached hydrogens (primary N) is 1. The van der Waals surface area contributed by atoms with Crippen molar-refractivity contribution >= 4 is 23.3 Å². The van der Waals surface area contributed by atoms with Gasteiger partial charge in [0.1, 0.15) is 0 Å². The zero-order valence-electron chi connectivity index (χ0n) is 10.1. The molecular formula is C12H14ClFN4O.